The van der Waals surface area contributed by atoms with Gasteiger partial charge in [-0.05, 0) is 29.2 Å². The molecule has 0 bridgehead atoms. The van der Waals surface area contributed by atoms with Crippen LogP contribution in [0.3, 0.4) is 0 Å². The van der Waals surface area contributed by atoms with Crippen molar-refractivity contribution in [3.8, 4) is 11.8 Å². The maximum atomic E-state index is 11.9. The van der Waals surface area contributed by atoms with E-state index in [2.05, 4.69) is 55.0 Å². The molecule has 1 amide bonds. The Balaban J connectivity index is 1.65. The first-order chi connectivity index (χ1) is 13.8. The lowest BCUT2D eigenvalue weighted by Gasteiger charge is -2.18. The summed E-state index contributed by atoms with van der Waals surface area (Å²) >= 11 is 6.24. The number of hydrogen-bond donors (Lipinski definition) is 1. The number of thiocarbonyl (C=S) groups is 1. The fourth-order valence-corrected chi connectivity index (χ4v) is 3.91. The number of carbonyl (C=O) groups excluding carboxylic acids is 1. The summed E-state index contributed by atoms with van der Waals surface area (Å²) < 4.78 is 6.39. The third-order valence-electron chi connectivity index (χ3n) is 4.45. The summed E-state index contributed by atoms with van der Waals surface area (Å²) in [7, 11) is 0. The second-order valence-corrected chi connectivity index (χ2v) is 9.40. The lowest BCUT2D eigenvalue weighted by molar-refractivity contribution is -0.115. The Morgan fingerprint density at radius 2 is 1.93 bits per heavy atom. The van der Waals surface area contributed by atoms with Crippen LogP contribution in [0.15, 0.2) is 52.0 Å². The van der Waals surface area contributed by atoms with Gasteiger partial charge in [0.15, 0.2) is 5.58 Å². The van der Waals surface area contributed by atoms with Crippen molar-refractivity contribution in [2.75, 3.05) is 0 Å². The number of rotatable bonds is 1. The summed E-state index contributed by atoms with van der Waals surface area (Å²) in [6, 6.07) is 10.1. The maximum Gasteiger partial charge on any atom is 0.263 e. The summed E-state index contributed by atoms with van der Waals surface area (Å²) in [4.78, 5) is 16.6. The van der Waals surface area contributed by atoms with Crippen molar-refractivity contribution in [2.24, 2.45) is 0 Å². The molecule has 1 aromatic carbocycles. The van der Waals surface area contributed by atoms with Crippen molar-refractivity contribution >= 4 is 51.3 Å². The van der Waals surface area contributed by atoms with Crippen molar-refractivity contribution in [1.29, 1.82) is 0 Å². The van der Waals surface area contributed by atoms with Crippen LogP contribution in [0.5, 0.6) is 0 Å². The Hall–Kier alpha value is -2.88. The summed E-state index contributed by atoms with van der Waals surface area (Å²) in [6.07, 6.45) is 5.09. The first-order valence-electron chi connectivity index (χ1n) is 9.04. The lowest BCUT2D eigenvalue weighted by Crippen LogP contribution is -2.17. The number of pyridine rings is 1. The molecule has 6 heteroatoms. The molecule has 3 heterocycles. The minimum Gasteiger partial charge on any atom is -0.455 e. The van der Waals surface area contributed by atoms with Crippen molar-refractivity contribution < 1.29 is 9.21 Å². The van der Waals surface area contributed by atoms with Gasteiger partial charge in [0.05, 0.1) is 10.5 Å². The first kappa shape index (κ1) is 19.4. The molecule has 1 aliphatic heterocycles. The number of carbonyl (C=O) groups is 1. The highest BCUT2D eigenvalue weighted by Gasteiger charge is 2.22. The summed E-state index contributed by atoms with van der Waals surface area (Å²) in [5.41, 5.74) is 3.65. The largest absolute Gasteiger partial charge is 0.455 e. The van der Waals surface area contributed by atoms with E-state index in [4.69, 9.17) is 16.6 Å². The van der Waals surface area contributed by atoms with E-state index < -0.39 is 0 Å². The van der Waals surface area contributed by atoms with E-state index in [1.807, 2.05) is 18.2 Å². The van der Waals surface area contributed by atoms with Gasteiger partial charge in [-0.1, -0.05) is 68.7 Å². The van der Waals surface area contributed by atoms with Gasteiger partial charge >= 0.3 is 0 Å². The van der Waals surface area contributed by atoms with E-state index in [0.29, 0.717) is 26.1 Å². The zero-order valence-corrected chi connectivity index (χ0v) is 17.8. The number of hydrogen-bond acceptors (Lipinski definition) is 5. The van der Waals surface area contributed by atoms with Crippen LogP contribution in [0.25, 0.3) is 17.0 Å². The molecule has 0 spiro atoms. The van der Waals surface area contributed by atoms with Crippen LogP contribution in [-0.4, -0.2) is 15.2 Å². The molecule has 3 aromatic rings. The fraction of sp³-hybridized carbons (Fsp3) is 0.174. The number of nitrogens with one attached hydrogen (secondary N) is 1. The Labute approximate surface area is 178 Å². The zero-order chi connectivity index (χ0) is 20.6. The van der Waals surface area contributed by atoms with Crippen LogP contribution in [0, 0.1) is 11.8 Å². The number of thioether (sulfide) groups is 1. The second-order valence-electron chi connectivity index (χ2n) is 7.68. The lowest BCUT2D eigenvalue weighted by atomic mass is 9.87. The molecule has 144 valence electrons. The highest BCUT2D eigenvalue weighted by Crippen LogP contribution is 2.29. The van der Waals surface area contributed by atoms with Crippen molar-refractivity contribution in [2.45, 2.75) is 26.2 Å². The molecule has 4 rings (SSSR count). The fourth-order valence-electron chi connectivity index (χ4n) is 2.89. The average Bonchev–Trinajstić information content (AvgIpc) is 3.22. The Morgan fingerprint density at radius 1 is 1.17 bits per heavy atom. The van der Waals surface area contributed by atoms with E-state index in [9.17, 15) is 4.79 Å². The minimum absolute atomic E-state index is 0.110. The number of fused-ring (bicyclic) bond motifs is 1. The molecule has 0 aliphatic carbocycles. The van der Waals surface area contributed by atoms with E-state index in [-0.39, 0.29) is 11.3 Å². The predicted molar refractivity (Wildman–Crippen MR) is 121 cm³/mol. The molecule has 1 N–H and O–H groups in total. The van der Waals surface area contributed by atoms with Crippen molar-refractivity contribution in [1.82, 2.24) is 10.3 Å². The van der Waals surface area contributed by atoms with E-state index in [0.717, 1.165) is 10.9 Å². The summed E-state index contributed by atoms with van der Waals surface area (Å²) in [6.45, 7) is 6.56. The SMILES string of the molecule is CC(C)(C)c1ccc(C#Cc2cncc3cc(/C=C4\SC(=S)NC4=O)oc23)cc1. The molecule has 0 atom stereocenters. The third kappa shape index (κ3) is 4.26. The van der Waals surface area contributed by atoms with Gasteiger partial charge in [0, 0.05) is 29.4 Å². The van der Waals surface area contributed by atoms with Gasteiger partial charge in [-0.3, -0.25) is 9.78 Å². The molecule has 0 unspecified atom stereocenters. The van der Waals surface area contributed by atoms with Crippen molar-refractivity contribution in [3.05, 3.63) is 70.1 Å². The van der Waals surface area contributed by atoms with Gasteiger partial charge in [-0.15, -0.1) is 0 Å². The average molecular weight is 419 g/mol. The normalized spacial score (nSPS) is 15.5. The monoisotopic (exact) mass is 418 g/mol. The van der Waals surface area contributed by atoms with Crippen LogP contribution < -0.4 is 5.32 Å². The van der Waals surface area contributed by atoms with Crippen LogP contribution in [0.4, 0.5) is 0 Å². The molecule has 29 heavy (non-hydrogen) atoms. The number of amides is 1. The number of furan rings is 1. The Kier molecular flexibility index (Phi) is 5.03. The molecule has 4 nitrogen and oxygen atoms in total. The number of benzene rings is 1. The van der Waals surface area contributed by atoms with Crippen LogP contribution in [0.1, 0.15) is 43.2 Å². The number of nitrogens with zero attached hydrogens (tertiary/aromatic N) is 1. The molecule has 0 radical (unpaired) electrons. The molecule has 1 aliphatic rings. The van der Waals surface area contributed by atoms with Crippen molar-refractivity contribution in [3.63, 3.8) is 0 Å². The zero-order valence-electron chi connectivity index (χ0n) is 16.2. The molecule has 1 saturated heterocycles. The van der Waals surface area contributed by atoms with Gasteiger partial charge in [-0.2, -0.15) is 0 Å². The summed E-state index contributed by atoms with van der Waals surface area (Å²) in [5, 5.41) is 3.43. The third-order valence-corrected chi connectivity index (χ3v) is 5.61. The minimum atomic E-state index is -0.211. The molecule has 2 aromatic heterocycles. The Morgan fingerprint density at radius 3 is 2.59 bits per heavy atom. The standard InChI is InChI=1S/C23H18N2O2S2/c1-23(2,3)17-8-5-14(6-9-17)4-7-15-12-24-13-16-10-18(27-20(15)16)11-19-21(26)25-22(28)29-19/h5-6,8-13H,1-3H3,(H,25,26,28)/b19-11-. The van der Waals surface area contributed by atoms with Gasteiger partial charge in [-0.25, -0.2) is 0 Å². The highest BCUT2D eigenvalue weighted by atomic mass is 32.2. The van der Waals surface area contributed by atoms with Crippen LogP contribution in [-0.2, 0) is 10.2 Å². The van der Waals surface area contributed by atoms with E-state index >= 15 is 0 Å². The smallest absolute Gasteiger partial charge is 0.263 e. The maximum absolute atomic E-state index is 11.9. The topological polar surface area (TPSA) is 55.1 Å². The van der Waals surface area contributed by atoms with Gasteiger partial charge in [0.2, 0.25) is 0 Å². The van der Waals surface area contributed by atoms with E-state index in [1.165, 1.54) is 17.3 Å². The number of aromatic nitrogens is 1. The second kappa shape index (κ2) is 7.51. The van der Waals surface area contributed by atoms with Crippen LogP contribution >= 0.6 is 24.0 Å². The van der Waals surface area contributed by atoms with Crippen LogP contribution in [0.2, 0.25) is 0 Å². The summed E-state index contributed by atoms with van der Waals surface area (Å²) in [5.74, 6) is 6.68. The molecular weight excluding hydrogens is 400 g/mol. The molecule has 1 fully saturated rings. The quantitative estimate of drug-likeness (QED) is 0.342. The van der Waals surface area contributed by atoms with Gasteiger partial charge in [0.25, 0.3) is 5.91 Å². The first-order valence-corrected chi connectivity index (χ1v) is 10.3. The molecular formula is C23H18N2O2S2. The Bertz CT molecular complexity index is 1220. The van der Waals surface area contributed by atoms with Gasteiger partial charge < -0.3 is 9.73 Å². The van der Waals surface area contributed by atoms with Gasteiger partial charge in [0.1, 0.15) is 10.1 Å². The highest BCUT2D eigenvalue weighted by molar-refractivity contribution is 8.26. The molecule has 0 saturated carbocycles. The van der Waals surface area contributed by atoms with E-state index in [1.54, 1.807) is 18.5 Å². The predicted octanol–water partition coefficient (Wildman–Crippen LogP) is 5.01.